The van der Waals surface area contributed by atoms with E-state index in [2.05, 4.69) is 45.9 Å². The minimum Gasteiger partial charge on any atom is -0.392 e. The van der Waals surface area contributed by atoms with Crippen molar-refractivity contribution in [3.05, 3.63) is 34.9 Å². The van der Waals surface area contributed by atoms with E-state index in [1.807, 2.05) is 0 Å². The SMILES string of the molecule is CC(C)=CCC[C@H](C)[C@H]1CC=C(C)[C@H]2CC=C(C=O)[C@@H]1[C@H]2O. The van der Waals surface area contributed by atoms with E-state index in [-0.39, 0.29) is 11.8 Å². The van der Waals surface area contributed by atoms with E-state index in [1.165, 1.54) is 11.1 Å². The van der Waals surface area contributed by atoms with Crippen LogP contribution >= 0.6 is 0 Å². The van der Waals surface area contributed by atoms with Crippen LogP contribution in [0, 0.1) is 23.7 Å². The van der Waals surface area contributed by atoms with Crippen molar-refractivity contribution in [1.29, 1.82) is 0 Å². The zero-order valence-corrected chi connectivity index (χ0v) is 14.4. The van der Waals surface area contributed by atoms with E-state index < -0.39 is 6.10 Å². The summed E-state index contributed by atoms with van der Waals surface area (Å²) in [7, 11) is 0. The molecule has 0 aliphatic heterocycles. The molecule has 2 rings (SSSR count). The summed E-state index contributed by atoms with van der Waals surface area (Å²) in [5.41, 5.74) is 3.47. The highest BCUT2D eigenvalue weighted by molar-refractivity contribution is 5.75. The quantitative estimate of drug-likeness (QED) is 0.601. The van der Waals surface area contributed by atoms with Crippen molar-refractivity contribution in [2.24, 2.45) is 23.7 Å². The summed E-state index contributed by atoms with van der Waals surface area (Å²) in [5.74, 6) is 1.06. The number of carbonyl (C=O) groups is 1. The van der Waals surface area contributed by atoms with Crippen LogP contribution in [0.5, 0.6) is 0 Å². The fourth-order valence-electron chi connectivity index (χ4n) is 4.12. The molecule has 2 heteroatoms. The van der Waals surface area contributed by atoms with Gasteiger partial charge in [-0.05, 0) is 63.9 Å². The molecule has 122 valence electrons. The van der Waals surface area contributed by atoms with Crippen LogP contribution in [-0.4, -0.2) is 17.5 Å². The van der Waals surface area contributed by atoms with E-state index in [9.17, 15) is 9.90 Å². The van der Waals surface area contributed by atoms with Crippen LogP contribution in [0.1, 0.15) is 53.4 Å². The second-order valence-corrected chi connectivity index (χ2v) is 7.36. The van der Waals surface area contributed by atoms with Crippen LogP contribution in [0.25, 0.3) is 0 Å². The van der Waals surface area contributed by atoms with Crippen LogP contribution < -0.4 is 0 Å². The zero-order chi connectivity index (χ0) is 16.3. The molecule has 0 heterocycles. The number of hydrogen-bond acceptors (Lipinski definition) is 2. The predicted molar refractivity (Wildman–Crippen MR) is 91.4 cm³/mol. The molecule has 2 aliphatic carbocycles. The van der Waals surface area contributed by atoms with Crippen molar-refractivity contribution >= 4 is 6.29 Å². The molecule has 2 nitrogen and oxygen atoms in total. The Balaban J connectivity index is 2.21. The first-order valence-corrected chi connectivity index (χ1v) is 8.59. The molecule has 0 saturated carbocycles. The van der Waals surface area contributed by atoms with Gasteiger partial charge in [0.05, 0.1) is 6.10 Å². The zero-order valence-electron chi connectivity index (χ0n) is 14.4. The van der Waals surface area contributed by atoms with E-state index in [0.717, 1.165) is 37.5 Å². The maximum absolute atomic E-state index is 11.5. The number of rotatable bonds is 5. The molecule has 0 saturated heterocycles. The molecule has 5 atom stereocenters. The molecular formula is C20H30O2. The summed E-state index contributed by atoms with van der Waals surface area (Å²) in [6, 6.07) is 0. The summed E-state index contributed by atoms with van der Waals surface area (Å²) in [4.78, 5) is 11.5. The van der Waals surface area contributed by atoms with E-state index in [0.29, 0.717) is 11.8 Å². The van der Waals surface area contributed by atoms with Gasteiger partial charge < -0.3 is 5.11 Å². The molecule has 0 aromatic carbocycles. The average molecular weight is 302 g/mol. The Morgan fingerprint density at radius 3 is 2.73 bits per heavy atom. The van der Waals surface area contributed by atoms with Crippen LogP contribution in [-0.2, 0) is 4.79 Å². The average Bonchev–Trinajstić information content (AvgIpc) is 2.54. The van der Waals surface area contributed by atoms with Crippen molar-refractivity contribution in [1.82, 2.24) is 0 Å². The third kappa shape index (κ3) is 3.60. The monoisotopic (exact) mass is 302 g/mol. The molecule has 0 amide bonds. The van der Waals surface area contributed by atoms with Crippen LogP contribution in [0.4, 0.5) is 0 Å². The Bertz CT molecular complexity index is 494. The molecule has 0 aromatic rings. The van der Waals surface area contributed by atoms with Gasteiger partial charge in [0.2, 0.25) is 0 Å². The lowest BCUT2D eigenvalue weighted by molar-refractivity contribution is -0.106. The van der Waals surface area contributed by atoms with Crippen molar-refractivity contribution in [2.45, 2.75) is 59.5 Å². The van der Waals surface area contributed by atoms with Gasteiger partial charge >= 0.3 is 0 Å². The van der Waals surface area contributed by atoms with Gasteiger partial charge in [-0.15, -0.1) is 0 Å². The molecule has 22 heavy (non-hydrogen) atoms. The number of carbonyl (C=O) groups excluding carboxylic acids is 1. The molecule has 0 fully saturated rings. The molecule has 1 N–H and O–H groups in total. The van der Waals surface area contributed by atoms with Gasteiger partial charge in [0.25, 0.3) is 0 Å². The second-order valence-electron chi connectivity index (χ2n) is 7.36. The molecule has 2 bridgehead atoms. The van der Waals surface area contributed by atoms with Gasteiger partial charge in [-0.25, -0.2) is 0 Å². The lowest BCUT2D eigenvalue weighted by atomic mass is 9.68. The normalized spacial score (nSPS) is 32.4. The van der Waals surface area contributed by atoms with E-state index in [1.54, 1.807) is 0 Å². The molecular weight excluding hydrogens is 272 g/mol. The van der Waals surface area contributed by atoms with Gasteiger partial charge in [0.1, 0.15) is 6.29 Å². The fourth-order valence-corrected chi connectivity index (χ4v) is 4.12. The number of hydrogen-bond donors (Lipinski definition) is 1. The van der Waals surface area contributed by atoms with Gasteiger partial charge in [0, 0.05) is 11.8 Å². The smallest absolute Gasteiger partial charge is 0.146 e. The van der Waals surface area contributed by atoms with Crippen molar-refractivity contribution in [3.8, 4) is 0 Å². The molecule has 0 unspecified atom stereocenters. The maximum atomic E-state index is 11.5. The van der Waals surface area contributed by atoms with Gasteiger partial charge in [-0.2, -0.15) is 0 Å². The summed E-state index contributed by atoms with van der Waals surface area (Å²) < 4.78 is 0. The van der Waals surface area contributed by atoms with Crippen LogP contribution in [0.3, 0.4) is 0 Å². The Morgan fingerprint density at radius 2 is 2.09 bits per heavy atom. The number of fused-ring (bicyclic) bond motifs is 2. The van der Waals surface area contributed by atoms with E-state index >= 15 is 0 Å². The maximum Gasteiger partial charge on any atom is 0.146 e. The van der Waals surface area contributed by atoms with Crippen molar-refractivity contribution in [2.75, 3.05) is 0 Å². The number of allylic oxidation sites excluding steroid dienone is 4. The molecule has 0 spiro atoms. The molecule has 0 aromatic heterocycles. The van der Waals surface area contributed by atoms with Gasteiger partial charge in [-0.3, -0.25) is 4.79 Å². The summed E-state index contributed by atoms with van der Waals surface area (Å²) >= 11 is 0. The highest BCUT2D eigenvalue weighted by Crippen LogP contribution is 2.44. The van der Waals surface area contributed by atoms with Crippen molar-refractivity contribution in [3.63, 3.8) is 0 Å². The first-order chi connectivity index (χ1) is 10.5. The van der Waals surface area contributed by atoms with Crippen LogP contribution in [0.2, 0.25) is 0 Å². The number of aliphatic hydroxyl groups excluding tert-OH is 1. The molecule has 0 radical (unpaired) electrons. The topological polar surface area (TPSA) is 37.3 Å². The third-order valence-corrected chi connectivity index (χ3v) is 5.57. The number of aliphatic hydroxyl groups is 1. The van der Waals surface area contributed by atoms with Gasteiger partial charge in [0.15, 0.2) is 0 Å². The summed E-state index contributed by atoms with van der Waals surface area (Å²) in [5, 5.41) is 10.8. The summed E-state index contributed by atoms with van der Waals surface area (Å²) in [6.45, 7) is 8.66. The number of aldehydes is 1. The standard InChI is InChI=1S/C20H30O2/c1-13(2)6-5-7-14(3)17-10-8-15(4)18-11-9-16(12-21)19(17)20(18)22/h6,8-9,12,14,17-20,22H,5,7,10-11H2,1-4H3/t14-,17+,18+,19-,20-/m0/s1. The Kier molecular flexibility index (Phi) is 5.80. The Morgan fingerprint density at radius 1 is 1.36 bits per heavy atom. The Hall–Kier alpha value is -1.15. The third-order valence-electron chi connectivity index (χ3n) is 5.57. The minimum absolute atomic E-state index is 0.00616. The van der Waals surface area contributed by atoms with Crippen molar-refractivity contribution < 1.29 is 9.90 Å². The lowest BCUT2D eigenvalue weighted by Crippen LogP contribution is -2.39. The molecule has 2 aliphatic rings. The Labute approximate surface area is 135 Å². The fraction of sp³-hybridized carbons (Fsp3) is 0.650. The van der Waals surface area contributed by atoms with E-state index in [4.69, 9.17) is 0 Å². The minimum atomic E-state index is -0.403. The summed E-state index contributed by atoms with van der Waals surface area (Å²) in [6.07, 6.45) is 11.2. The second kappa shape index (κ2) is 7.41. The predicted octanol–water partition coefficient (Wildman–Crippen LogP) is 4.46. The first kappa shape index (κ1) is 17.2. The largest absolute Gasteiger partial charge is 0.392 e. The highest BCUT2D eigenvalue weighted by Gasteiger charge is 2.42. The van der Waals surface area contributed by atoms with Gasteiger partial charge in [-0.1, -0.05) is 36.3 Å². The highest BCUT2D eigenvalue weighted by atomic mass is 16.3. The first-order valence-electron chi connectivity index (χ1n) is 8.59. The lowest BCUT2D eigenvalue weighted by Gasteiger charge is -2.38. The van der Waals surface area contributed by atoms with Crippen LogP contribution in [0.15, 0.2) is 34.9 Å².